The Balaban J connectivity index is 1.60. The summed E-state index contributed by atoms with van der Waals surface area (Å²) in [5.74, 6) is 0.306. The van der Waals surface area contributed by atoms with E-state index in [4.69, 9.17) is 11.6 Å². The van der Waals surface area contributed by atoms with Gasteiger partial charge in [-0.2, -0.15) is 5.10 Å². The van der Waals surface area contributed by atoms with Crippen LogP contribution in [-0.4, -0.2) is 16.1 Å². The van der Waals surface area contributed by atoms with Crippen LogP contribution in [-0.2, 0) is 0 Å². The Hall–Kier alpha value is -2.66. The third-order valence-corrected chi connectivity index (χ3v) is 4.53. The third-order valence-electron chi connectivity index (χ3n) is 4.20. The molecule has 0 unspecified atom stereocenters. The second kappa shape index (κ2) is 5.76. The maximum atomic E-state index is 12.4. The number of aromatic nitrogens is 2. The molecule has 0 spiro atoms. The molecule has 1 fully saturated rings. The molecule has 1 aliphatic carbocycles. The molecule has 6 heteroatoms. The van der Waals surface area contributed by atoms with Crippen molar-refractivity contribution in [2.24, 2.45) is 0 Å². The van der Waals surface area contributed by atoms with Crippen molar-refractivity contribution in [1.82, 2.24) is 10.2 Å². The van der Waals surface area contributed by atoms with E-state index in [9.17, 15) is 9.59 Å². The van der Waals surface area contributed by atoms with Crippen LogP contribution in [0.15, 0.2) is 47.4 Å². The Morgan fingerprint density at radius 1 is 1.21 bits per heavy atom. The number of halogens is 1. The summed E-state index contributed by atoms with van der Waals surface area (Å²) < 4.78 is 0. The first-order valence-electron chi connectivity index (χ1n) is 7.70. The highest BCUT2D eigenvalue weighted by molar-refractivity contribution is 6.31. The summed E-state index contributed by atoms with van der Waals surface area (Å²) in [6, 6.07) is 10.5. The maximum Gasteiger partial charge on any atom is 0.272 e. The summed E-state index contributed by atoms with van der Waals surface area (Å²) in [7, 11) is 0. The van der Waals surface area contributed by atoms with Crippen LogP contribution in [0.2, 0.25) is 5.02 Å². The second-order valence-electron chi connectivity index (χ2n) is 5.97. The van der Waals surface area contributed by atoms with Crippen molar-refractivity contribution in [2.45, 2.75) is 18.8 Å². The number of benzene rings is 2. The minimum Gasteiger partial charge on any atom is -0.322 e. The van der Waals surface area contributed by atoms with Gasteiger partial charge in [-0.15, -0.1) is 0 Å². The lowest BCUT2D eigenvalue weighted by Gasteiger charge is -2.09. The molecule has 1 aromatic heterocycles. The van der Waals surface area contributed by atoms with E-state index in [-0.39, 0.29) is 11.5 Å². The highest BCUT2D eigenvalue weighted by Gasteiger charge is 2.25. The van der Waals surface area contributed by atoms with E-state index in [2.05, 4.69) is 15.5 Å². The Bertz CT molecular complexity index is 1010. The van der Waals surface area contributed by atoms with Gasteiger partial charge in [0.2, 0.25) is 0 Å². The number of nitrogens with zero attached hydrogens (tertiary/aromatic N) is 1. The monoisotopic (exact) mass is 339 g/mol. The smallest absolute Gasteiger partial charge is 0.272 e. The molecule has 0 aliphatic heterocycles. The molecule has 5 nitrogen and oxygen atoms in total. The van der Waals surface area contributed by atoms with E-state index in [0.29, 0.717) is 33.0 Å². The van der Waals surface area contributed by atoms with Crippen LogP contribution in [0, 0.1) is 0 Å². The number of fused-ring (bicyclic) bond motifs is 1. The molecule has 1 saturated carbocycles. The van der Waals surface area contributed by atoms with E-state index in [1.54, 1.807) is 24.3 Å². The number of hydrogen-bond acceptors (Lipinski definition) is 3. The summed E-state index contributed by atoms with van der Waals surface area (Å²) in [5, 5.41) is 10.8. The molecule has 4 rings (SSSR count). The van der Waals surface area contributed by atoms with Crippen LogP contribution in [0.1, 0.15) is 34.7 Å². The number of carbonyl (C=O) groups excluding carboxylic acids is 1. The van der Waals surface area contributed by atoms with Gasteiger partial charge in [0.05, 0.1) is 11.6 Å². The number of aromatic amines is 1. The van der Waals surface area contributed by atoms with E-state index >= 15 is 0 Å². The fraction of sp³-hybridized carbons (Fsp3) is 0.167. The number of nitrogens with one attached hydrogen (secondary N) is 2. The van der Waals surface area contributed by atoms with Crippen molar-refractivity contribution in [3.8, 4) is 0 Å². The molecule has 0 radical (unpaired) electrons. The van der Waals surface area contributed by atoms with Gasteiger partial charge in [0.25, 0.3) is 11.5 Å². The fourth-order valence-electron chi connectivity index (χ4n) is 2.77. The van der Waals surface area contributed by atoms with E-state index in [1.807, 2.05) is 12.1 Å². The van der Waals surface area contributed by atoms with Gasteiger partial charge in [0.1, 0.15) is 0 Å². The number of hydrogen-bond donors (Lipinski definition) is 2. The van der Waals surface area contributed by atoms with Crippen molar-refractivity contribution < 1.29 is 4.79 Å². The van der Waals surface area contributed by atoms with Gasteiger partial charge >= 0.3 is 0 Å². The lowest BCUT2D eigenvalue weighted by molar-refractivity contribution is 0.102. The van der Waals surface area contributed by atoms with Gasteiger partial charge in [-0.05, 0) is 54.7 Å². The molecule has 1 amide bonds. The summed E-state index contributed by atoms with van der Waals surface area (Å²) >= 11 is 6.29. The van der Waals surface area contributed by atoms with Crippen LogP contribution in [0.5, 0.6) is 0 Å². The van der Waals surface area contributed by atoms with Gasteiger partial charge in [-0.1, -0.05) is 17.7 Å². The van der Waals surface area contributed by atoms with Crippen molar-refractivity contribution in [1.29, 1.82) is 0 Å². The Morgan fingerprint density at radius 2 is 2.04 bits per heavy atom. The predicted molar refractivity (Wildman–Crippen MR) is 93.7 cm³/mol. The van der Waals surface area contributed by atoms with Gasteiger partial charge < -0.3 is 5.32 Å². The summed E-state index contributed by atoms with van der Waals surface area (Å²) in [4.78, 5) is 24.1. The zero-order valence-electron chi connectivity index (χ0n) is 12.7. The molecule has 0 atom stereocenters. The first-order chi connectivity index (χ1) is 11.6. The second-order valence-corrected chi connectivity index (χ2v) is 6.37. The van der Waals surface area contributed by atoms with E-state index in [1.165, 1.54) is 19.0 Å². The standard InChI is InChI=1S/C18H14ClN3O2/c19-16-8-13(4-6-14(16)10-1-2-10)21-17(23)11-3-5-15-12(7-11)9-20-22-18(15)24/h3-10H,1-2H2,(H,21,23)(H,22,24). The number of H-pyrrole nitrogens is 1. The molecule has 0 saturated heterocycles. The predicted octanol–water partition coefficient (Wildman–Crippen LogP) is 3.71. The third kappa shape index (κ3) is 2.78. The fourth-order valence-corrected chi connectivity index (χ4v) is 3.11. The summed E-state index contributed by atoms with van der Waals surface area (Å²) in [5.41, 5.74) is 1.98. The average molecular weight is 340 g/mol. The van der Waals surface area contributed by atoms with Gasteiger partial charge in [-0.3, -0.25) is 9.59 Å². The molecule has 120 valence electrons. The largest absolute Gasteiger partial charge is 0.322 e. The molecule has 1 heterocycles. The number of anilines is 1. The lowest BCUT2D eigenvalue weighted by atomic mass is 10.1. The van der Waals surface area contributed by atoms with Crippen molar-refractivity contribution in [2.75, 3.05) is 5.32 Å². The summed E-state index contributed by atoms with van der Waals surface area (Å²) in [6.07, 6.45) is 3.88. The van der Waals surface area contributed by atoms with Crippen molar-refractivity contribution in [3.63, 3.8) is 0 Å². The molecule has 2 aromatic carbocycles. The highest BCUT2D eigenvalue weighted by atomic mass is 35.5. The minimum absolute atomic E-state index is 0.257. The molecule has 3 aromatic rings. The van der Waals surface area contributed by atoms with Crippen LogP contribution in [0.25, 0.3) is 10.8 Å². The molecule has 1 aliphatic rings. The molecule has 0 bridgehead atoms. The Morgan fingerprint density at radius 3 is 2.79 bits per heavy atom. The average Bonchev–Trinajstić information content (AvgIpc) is 3.40. The van der Waals surface area contributed by atoms with Crippen molar-refractivity contribution >= 4 is 34.0 Å². The van der Waals surface area contributed by atoms with Crippen LogP contribution < -0.4 is 10.9 Å². The Kier molecular flexibility index (Phi) is 3.58. The first kappa shape index (κ1) is 14.9. The quantitative estimate of drug-likeness (QED) is 0.764. The number of carbonyl (C=O) groups is 1. The molecule has 2 N–H and O–H groups in total. The van der Waals surface area contributed by atoms with E-state index in [0.717, 1.165) is 5.56 Å². The normalized spacial score (nSPS) is 13.9. The Labute approximate surface area is 142 Å². The van der Waals surface area contributed by atoms with Crippen LogP contribution >= 0.6 is 11.6 Å². The highest BCUT2D eigenvalue weighted by Crippen LogP contribution is 2.43. The zero-order valence-corrected chi connectivity index (χ0v) is 13.4. The number of rotatable bonds is 3. The van der Waals surface area contributed by atoms with Crippen LogP contribution in [0.4, 0.5) is 5.69 Å². The van der Waals surface area contributed by atoms with Gasteiger partial charge in [0, 0.05) is 21.7 Å². The van der Waals surface area contributed by atoms with Crippen molar-refractivity contribution in [3.05, 3.63) is 69.1 Å². The zero-order chi connectivity index (χ0) is 16.7. The van der Waals surface area contributed by atoms with Gasteiger partial charge in [-0.25, -0.2) is 5.10 Å². The minimum atomic E-state index is -0.276. The summed E-state index contributed by atoms with van der Waals surface area (Å²) in [6.45, 7) is 0. The SMILES string of the molecule is O=C(Nc1ccc(C2CC2)c(Cl)c1)c1ccc2c(=O)[nH]ncc2c1. The molecular weight excluding hydrogens is 326 g/mol. The lowest BCUT2D eigenvalue weighted by Crippen LogP contribution is -2.13. The molecular formula is C18H14ClN3O2. The molecule has 24 heavy (non-hydrogen) atoms. The number of amides is 1. The van der Waals surface area contributed by atoms with Crippen LogP contribution in [0.3, 0.4) is 0 Å². The topological polar surface area (TPSA) is 74.8 Å². The first-order valence-corrected chi connectivity index (χ1v) is 8.08. The maximum absolute atomic E-state index is 12.4. The van der Waals surface area contributed by atoms with E-state index < -0.39 is 0 Å². The van der Waals surface area contributed by atoms with Gasteiger partial charge in [0.15, 0.2) is 0 Å².